The van der Waals surface area contributed by atoms with Crippen LogP contribution in [0.1, 0.15) is 32.6 Å². The summed E-state index contributed by atoms with van der Waals surface area (Å²) < 4.78 is 8.14. The first-order valence-corrected chi connectivity index (χ1v) is 8.17. The van der Waals surface area contributed by atoms with E-state index in [-0.39, 0.29) is 23.6 Å². The number of carbonyl (C=O) groups excluding carboxylic acids is 1. The molecule has 1 aromatic heterocycles. The molecule has 0 radical (unpaired) electrons. The maximum atomic E-state index is 11.7. The van der Waals surface area contributed by atoms with Crippen molar-refractivity contribution in [2.45, 2.75) is 50.9 Å². The fraction of sp³-hybridized carbons (Fsp3) is 0.600. The monoisotopic (exact) mass is 372 g/mol. The third kappa shape index (κ3) is 4.33. The van der Waals surface area contributed by atoms with Crippen molar-refractivity contribution in [3.63, 3.8) is 0 Å². The zero-order valence-corrected chi connectivity index (χ0v) is 14.3. The van der Waals surface area contributed by atoms with Crippen molar-refractivity contribution in [1.82, 2.24) is 9.88 Å². The van der Waals surface area contributed by atoms with Gasteiger partial charge < -0.3 is 19.7 Å². The van der Waals surface area contributed by atoms with Crippen LogP contribution in [0.25, 0.3) is 0 Å². The summed E-state index contributed by atoms with van der Waals surface area (Å²) in [5.74, 6) is 0.221. The summed E-state index contributed by atoms with van der Waals surface area (Å²) >= 11 is 3.40. The molecule has 0 aliphatic heterocycles. The molecule has 122 valence electrons. The van der Waals surface area contributed by atoms with E-state index in [1.807, 2.05) is 0 Å². The lowest BCUT2D eigenvalue weighted by atomic mass is 9.92. The molecule has 0 saturated heterocycles. The second kappa shape index (κ2) is 7.28. The highest BCUT2D eigenvalue weighted by Crippen LogP contribution is 2.28. The lowest BCUT2D eigenvalue weighted by molar-refractivity contribution is -0.129. The summed E-state index contributed by atoms with van der Waals surface area (Å²) in [5.41, 5.74) is -0.115. The van der Waals surface area contributed by atoms with Crippen molar-refractivity contribution in [1.29, 1.82) is 0 Å². The molecule has 0 spiro atoms. The Balaban J connectivity index is 1.89. The average Bonchev–Trinajstić information content (AvgIpc) is 2.46. The zero-order valence-electron chi connectivity index (χ0n) is 12.7. The quantitative estimate of drug-likeness (QED) is 0.835. The second-order valence-electron chi connectivity index (χ2n) is 5.71. The SMILES string of the molecule is C[C@H](O)C(=O)NC1CCC(Oc2cc(=O)n(C)cc2Br)CC1. The molecule has 1 aromatic rings. The number of aliphatic hydroxyl groups is 1. The molecule has 1 amide bonds. The van der Waals surface area contributed by atoms with Gasteiger partial charge in [0.1, 0.15) is 11.9 Å². The first kappa shape index (κ1) is 17.0. The minimum atomic E-state index is -0.981. The third-order valence-electron chi connectivity index (χ3n) is 3.84. The van der Waals surface area contributed by atoms with Gasteiger partial charge in [0.05, 0.1) is 10.6 Å². The van der Waals surface area contributed by atoms with Crippen LogP contribution < -0.4 is 15.6 Å². The largest absolute Gasteiger partial charge is 0.489 e. The van der Waals surface area contributed by atoms with Gasteiger partial charge in [-0.3, -0.25) is 9.59 Å². The number of halogens is 1. The van der Waals surface area contributed by atoms with Crippen LogP contribution in [0.3, 0.4) is 0 Å². The standard InChI is InChI=1S/C15H21BrN2O4/c1-9(19)15(21)17-10-3-5-11(6-4-10)22-13-7-14(20)18(2)8-12(13)16/h7-11,19H,3-6H2,1-2H3,(H,17,21)/t9-,10?,11?/m0/s1. The first-order chi connectivity index (χ1) is 10.4. The molecular formula is C15H21BrN2O4. The number of ether oxygens (including phenoxy) is 1. The van der Waals surface area contributed by atoms with Gasteiger partial charge in [-0.1, -0.05) is 0 Å². The van der Waals surface area contributed by atoms with E-state index in [1.165, 1.54) is 17.6 Å². The van der Waals surface area contributed by atoms with Crippen LogP contribution in [0.5, 0.6) is 5.75 Å². The van der Waals surface area contributed by atoms with Gasteiger partial charge in [-0.25, -0.2) is 0 Å². The smallest absolute Gasteiger partial charge is 0.254 e. The molecule has 2 N–H and O–H groups in total. The van der Waals surface area contributed by atoms with E-state index in [2.05, 4.69) is 21.2 Å². The van der Waals surface area contributed by atoms with Gasteiger partial charge in [0, 0.05) is 25.4 Å². The van der Waals surface area contributed by atoms with Crippen LogP contribution in [-0.2, 0) is 11.8 Å². The molecule has 0 unspecified atom stereocenters. The summed E-state index contributed by atoms with van der Waals surface area (Å²) in [5, 5.41) is 12.0. The number of nitrogens with zero attached hydrogens (tertiary/aromatic N) is 1. The summed E-state index contributed by atoms with van der Waals surface area (Å²) in [4.78, 5) is 23.1. The predicted octanol–water partition coefficient (Wildman–Crippen LogP) is 1.33. The number of aryl methyl sites for hydroxylation is 1. The second-order valence-corrected chi connectivity index (χ2v) is 6.57. The van der Waals surface area contributed by atoms with Crippen LogP contribution in [0.2, 0.25) is 0 Å². The van der Waals surface area contributed by atoms with Gasteiger partial charge in [0.2, 0.25) is 5.91 Å². The molecule has 1 aliphatic carbocycles. The Labute approximate surface area is 137 Å². The summed E-state index contributed by atoms with van der Waals surface area (Å²) in [6, 6.07) is 1.56. The Bertz CT molecular complexity index is 592. The maximum Gasteiger partial charge on any atom is 0.254 e. The molecule has 1 heterocycles. The van der Waals surface area contributed by atoms with Crippen molar-refractivity contribution >= 4 is 21.8 Å². The van der Waals surface area contributed by atoms with Crippen molar-refractivity contribution in [2.75, 3.05) is 0 Å². The van der Waals surface area contributed by atoms with Crippen molar-refractivity contribution in [2.24, 2.45) is 7.05 Å². The Morgan fingerprint density at radius 1 is 1.45 bits per heavy atom. The van der Waals surface area contributed by atoms with E-state index in [0.717, 1.165) is 30.2 Å². The van der Waals surface area contributed by atoms with Gasteiger partial charge in [-0.05, 0) is 48.5 Å². The van der Waals surface area contributed by atoms with Gasteiger partial charge in [-0.2, -0.15) is 0 Å². The molecular weight excluding hydrogens is 352 g/mol. The highest BCUT2D eigenvalue weighted by Gasteiger charge is 2.25. The van der Waals surface area contributed by atoms with E-state index in [0.29, 0.717) is 5.75 Å². The predicted molar refractivity (Wildman–Crippen MR) is 85.9 cm³/mol. The lowest BCUT2D eigenvalue weighted by Gasteiger charge is -2.30. The summed E-state index contributed by atoms with van der Waals surface area (Å²) in [6.07, 6.45) is 3.93. The van der Waals surface area contributed by atoms with Gasteiger partial charge >= 0.3 is 0 Å². The third-order valence-corrected chi connectivity index (χ3v) is 4.43. The van der Waals surface area contributed by atoms with Gasteiger partial charge in [-0.15, -0.1) is 0 Å². The summed E-state index contributed by atoms with van der Waals surface area (Å²) in [6.45, 7) is 1.46. The van der Waals surface area contributed by atoms with E-state index in [9.17, 15) is 14.7 Å². The number of pyridine rings is 1. The number of hydrogen-bond donors (Lipinski definition) is 2. The number of hydrogen-bond acceptors (Lipinski definition) is 4. The average molecular weight is 373 g/mol. The minimum Gasteiger partial charge on any atom is -0.489 e. The Hall–Kier alpha value is -1.34. The number of nitrogens with one attached hydrogen (secondary N) is 1. The van der Waals surface area contributed by atoms with E-state index < -0.39 is 6.10 Å². The van der Waals surface area contributed by atoms with Crippen LogP contribution in [0.15, 0.2) is 21.5 Å². The first-order valence-electron chi connectivity index (χ1n) is 7.38. The highest BCUT2D eigenvalue weighted by molar-refractivity contribution is 9.10. The molecule has 0 aromatic carbocycles. The number of aromatic nitrogens is 1. The number of rotatable bonds is 4. The van der Waals surface area contributed by atoms with Crippen LogP contribution in [0.4, 0.5) is 0 Å². The fourth-order valence-electron chi connectivity index (χ4n) is 2.50. The van der Waals surface area contributed by atoms with E-state index in [4.69, 9.17) is 4.74 Å². The van der Waals surface area contributed by atoms with Gasteiger partial charge in [0.25, 0.3) is 5.56 Å². The molecule has 7 heteroatoms. The lowest BCUT2D eigenvalue weighted by Crippen LogP contribution is -2.43. The van der Waals surface area contributed by atoms with E-state index in [1.54, 1.807) is 13.2 Å². The minimum absolute atomic E-state index is 0.0307. The maximum absolute atomic E-state index is 11.7. The van der Waals surface area contributed by atoms with Crippen LogP contribution >= 0.6 is 15.9 Å². The Kier molecular flexibility index (Phi) is 5.63. The molecule has 1 atom stereocenters. The van der Waals surface area contributed by atoms with Crippen LogP contribution in [0, 0.1) is 0 Å². The molecule has 1 fully saturated rings. The topological polar surface area (TPSA) is 80.6 Å². The number of aliphatic hydroxyl groups excluding tert-OH is 1. The van der Waals surface area contributed by atoms with E-state index >= 15 is 0 Å². The van der Waals surface area contributed by atoms with Gasteiger partial charge in [0.15, 0.2) is 0 Å². The van der Waals surface area contributed by atoms with Crippen molar-refractivity contribution < 1.29 is 14.6 Å². The van der Waals surface area contributed by atoms with Crippen molar-refractivity contribution in [3.8, 4) is 5.75 Å². The molecule has 1 saturated carbocycles. The molecule has 1 aliphatic rings. The normalized spacial score (nSPS) is 22.9. The fourth-order valence-corrected chi connectivity index (χ4v) is 3.01. The Morgan fingerprint density at radius 3 is 2.68 bits per heavy atom. The summed E-state index contributed by atoms with van der Waals surface area (Å²) in [7, 11) is 1.69. The molecule has 6 nitrogen and oxygen atoms in total. The number of carbonyl (C=O) groups is 1. The van der Waals surface area contributed by atoms with Crippen molar-refractivity contribution in [3.05, 3.63) is 27.1 Å². The highest BCUT2D eigenvalue weighted by atomic mass is 79.9. The molecule has 0 bridgehead atoms. The molecule has 2 rings (SSSR count). The zero-order chi connectivity index (χ0) is 16.3. The molecule has 22 heavy (non-hydrogen) atoms. The Morgan fingerprint density at radius 2 is 2.09 bits per heavy atom. The number of amides is 1. The van der Waals surface area contributed by atoms with Crippen LogP contribution in [-0.4, -0.2) is 33.8 Å².